The van der Waals surface area contributed by atoms with Gasteiger partial charge in [0.2, 0.25) is 0 Å². The third kappa shape index (κ3) is 4.90. The van der Waals surface area contributed by atoms with Crippen molar-refractivity contribution in [3.8, 4) is 11.3 Å². The molecular formula is C21H16F5N3O3S. The van der Waals surface area contributed by atoms with Gasteiger partial charge in [-0.3, -0.25) is 14.9 Å². The van der Waals surface area contributed by atoms with E-state index in [1.165, 1.54) is 30.5 Å². The number of hydrogen-bond donors (Lipinski definition) is 1. The number of aromatic nitrogens is 1. The Hall–Kier alpha value is -3.28. The highest BCUT2D eigenvalue weighted by atomic mass is 32.1. The van der Waals surface area contributed by atoms with Gasteiger partial charge in [-0.2, -0.15) is 13.2 Å². The normalized spacial score (nSPS) is 15.6. The lowest BCUT2D eigenvalue weighted by Crippen LogP contribution is -2.31. The number of likely N-dealkylation sites (tertiary alicyclic amines) is 1. The number of nitrogens with one attached hydrogen (secondary N) is 1. The number of halogens is 5. The fourth-order valence-electron chi connectivity index (χ4n) is 3.36. The first kappa shape index (κ1) is 22.9. The summed E-state index contributed by atoms with van der Waals surface area (Å²) in [5.41, 5.74) is -0.696. The lowest BCUT2D eigenvalue weighted by atomic mass is 10.1. The second-order valence-corrected chi connectivity index (χ2v) is 8.34. The number of alkyl halides is 5. The number of furan rings is 1. The maximum Gasteiger partial charge on any atom is 0.416 e. The molecule has 1 N–H and O–H groups in total. The van der Waals surface area contributed by atoms with Crippen LogP contribution in [0.15, 0.2) is 40.1 Å². The van der Waals surface area contributed by atoms with E-state index in [4.69, 9.17) is 4.42 Å². The van der Waals surface area contributed by atoms with Crippen molar-refractivity contribution in [1.29, 1.82) is 0 Å². The molecule has 3 aromatic rings. The summed E-state index contributed by atoms with van der Waals surface area (Å²) in [5, 5.41) is 3.91. The van der Waals surface area contributed by atoms with Crippen molar-refractivity contribution in [1.82, 2.24) is 9.88 Å². The summed E-state index contributed by atoms with van der Waals surface area (Å²) in [6.07, 6.45) is -4.94. The first-order chi connectivity index (χ1) is 15.4. The van der Waals surface area contributed by atoms with Crippen LogP contribution < -0.4 is 5.32 Å². The van der Waals surface area contributed by atoms with Crippen LogP contribution in [0.2, 0.25) is 0 Å². The number of carbonyl (C=O) groups excluding carboxylic acids is 2. The molecule has 0 atom stereocenters. The number of aryl methyl sites for hydroxylation is 1. The van der Waals surface area contributed by atoms with Crippen molar-refractivity contribution in [2.75, 3.05) is 18.4 Å². The maximum atomic E-state index is 13.3. The topological polar surface area (TPSA) is 75.4 Å². The standard InChI is InChI=1S/C21H16F5N3O3S/c1-11-14(8-16(32-11)12-3-2-4-13(7-12)21(24,25)26)17(30)28-19-27-15(9-33-19)18(31)29-6-5-20(22,23)10-29/h2-4,7-9H,5-6,10H2,1H3,(H,27,28,30). The molecule has 1 aromatic carbocycles. The molecule has 4 rings (SSSR count). The van der Waals surface area contributed by atoms with Gasteiger partial charge in [-0.05, 0) is 25.1 Å². The van der Waals surface area contributed by atoms with Crippen molar-refractivity contribution in [3.63, 3.8) is 0 Å². The van der Waals surface area contributed by atoms with E-state index >= 15 is 0 Å². The molecule has 0 unspecified atom stereocenters. The Morgan fingerprint density at radius 1 is 1.24 bits per heavy atom. The molecule has 33 heavy (non-hydrogen) atoms. The van der Waals surface area contributed by atoms with Gasteiger partial charge in [0.15, 0.2) is 5.13 Å². The van der Waals surface area contributed by atoms with Crippen molar-refractivity contribution in [2.45, 2.75) is 25.4 Å². The number of hydrogen-bond acceptors (Lipinski definition) is 5. The number of thiazole rings is 1. The Morgan fingerprint density at radius 2 is 2.00 bits per heavy atom. The second kappa shape index (κ2) is 8.25. The first-order valence-corrected chi connectivity index (χ1v) is 10.5. The average Bonchev–Trinajstić information content (AvgIpc) is 3.45. The molecule has 12 heteroatoms. The highest BCUT2D eigenvalue weighted by Gasteiger charge is 2.41. The largest absolute Gasteiger partial charge is 0.461 e. The molecule has 0 spiro atoms. The predicted molar refractivity (Wildman–Crippen MR) is 109 cm³/mol. The van der Waals surface area contributed by atoms with Gasteiger partial charge in [0.1, 0.15) is 17.2 Å². The van der Waals surface area contributed by atoms with Crippen LogP contribution >= 0.6 is 11.3 Å². The molecule has 1 aliphatic heterocycles. The molecule has 2 amide bonds. The quantitative estimate of drug-likeness (QED) is 0.498. The average molecular weight is 485 g/mol. The van der Waals surface area contributed by atoms with Crippen molar-refractivity contribution in [3.05, 3.63) is 58.3 Å². The third-order valence-electron chi connectivity index (χ3n) is 5.04. The number of rotatable bonds is 4. The molecule has 0 radical (unpaired) electrons. The lowest BCUT2D eigenvalue weighted by Gasteiger charge is -2.14. The summed E-state index contributed by atoms with van der Waals surface area (Å²) in [4.78, 5) is 30.0. The van der Waals surface area contributed by atoms with Crippen molar-refractivity contribution in [2.24, 2.45) is 0 Å². The Bertz CT molecular complexity index is 1220. The summed E-state index contributed by atoms with van der Waals surface area (Å²) in [7, 11) is 0. The minimum absolute atomic E-state index is 0.0653. The molecule has 1 aliphatic rings. The van der Waals surface area contributed by atoms with Gasteiger partial charge in [-0.1, -0.05) is 12.1 Å². The fraction of sp³-hybridized carbons (Fsp3) is 0.286. The van der Waals surface area contributed by atoms with Gasteiger partial charge in [0.25, 0.3) is 17.7 Å². The summed E-state index contributed by atoms with van der Waals surface area (Å²) >= 11 is 0.940. The number of anilines is 1. The van der Waals surface area contributed by atoms with E-state index in [0.29, 0.717) is 0 Å². The van der Waals surface area contributed by atoms with Crippen molar-refractivity contribution >= 4 is 28.3 Å². The van der Waals surface area contributed by atoms with E-state index < -0.39 is 42.4 Å². The van der Waals surface area contributed by atoms with Crippen molar-refractivity contribution < 1.29 is 36.0 Å². The van der Waals surface area contributed by atoms with Crippen LogP contribution in [0.3, 0.4) is 0 Å². The van der Waals surface area contributed by atoms with E-state index in [9.17, 15) is 31.5 Å². The van der Waals surface area contributed by atoms with E-state index in [0.717, 1.165) is 28.4 Å². The monoisotopic (exact) mass is 485 g/mol. The highest BCUT2D eigenvalue weighted by Crippen LogP contribution is 2.34. The zero-order chi connectivity index (χ0) is 24.0. The molecule has 174 valence electrons. The van der Waals surface area contributed by atoms with Gasteiger partial charge >= 0.3 is 6.18 Å². The van der Waals surface area contributed by atoms with Gasteiger partial charge < -0.3 is 9.32 Å². The van der Waals surface area contributed by atoms with E-state index in [1.807, 2.05) is 0 Å². The van der Waals surface area contributed by atoms with Crippen LogP contribution in [-0.4, -0.2) is 40.7 Å². The molecule has 1 saturated heterocycles. The van der Waals surface area contributed by atoms with Crippen LogP contribution in [0.5, 0.6) is 0 Å². The summed E-state index contributed by atoms with van der Waals surface area (Å²) < 4.78 is 71.1. The molecule has 3 heterocycles. The molecule has 0 saturated carbocycles. The second-order valence-electron chi connectivity index (χ2n) is 7.48. The SMILES string of the molecule is Cc1oc(-c2cccc(C(F)(F)F)c2)cc1C(=O)Nc1nc(C(=O)N2CCC(F)(F)C2)cs1. The number of amides is 2. The minimum atomic E-state index is -4.52. The van der Waals surface area contributed by atoms with Crippen LogP contribution in [0, 0.1) is 6.92 Å². The Morgan fingerprint density at radius 3 is 2.67 bits per heavy atom. The smallest absolute Gasteiger partial charge is 0.416 e. The maximum absolute atomic E-state index is 13.3. The zero-order valence-electron chi connectivity index (χ0n) is 17.0. The summed E-state index contributed by atoms with van der Waals surface area (Å²) in [5.74, 6) is -3.98. The highest BCUT2D eigenvalue weighted by molar-refractivity contribution is 7.14. The van der Waals surface area contributed by atoms with Crippen LogP contribution in [0.25, 0.3) is 11.3 Å². The third-order valence-corrected chi connectivity index (χ3v) is 5.80. The first-order valence-electron chi connectivity index (χ1n) is 9.65. The minimum Gasteiger partial charge on any atom is -0.461 e. The number of carbonyl (C=O) groups is 2. The van der Waals surface area contributed by atoms with E-state index in [2.05, 4.69) is 10.3 Å². The van der Waals surface area contributed by atoms with Crippen LogP contribution in [-0.2, 0) is 6.18 Å². The molecule has 1 fully saturated rings. The van der Waals surface area contributed by atoms with Crippen LogP contribution in [0.1, 0.15) is 38.6 Å². The number of benzene rings is 1. The fourth-order valence-corrected chi connectivity index (χ4v) is 4.04. The Kier molecular flexibility index (Phi) is 5.72. The van der Waals surface area contributed by atoms with E-state index in [1.54, 1.807) is 0 Å². The zero-order valence-corrected chi connectivity index (χ0v) is 17.8. The molecular weight excluding hydrogens is 469 g/mol. The Balaban J connectivity index is 1.48. The van der Waals surface area contributed by atoms with Gasteiger partial charge in [-0.25, -0.2) is 13.8 Å². The molecule has 0 bridgehead atoms. The number of nitrogens with zero attached hydrogens (tertiary/aromatic N) is 2. The Labute approximate surface area is 188 Å². The molecule has 6 nitrogen and oxygen atoms in total. The van der Waals surface area contributed by atoms with Gasteiger partial charge in [0, 0.05) is 23.9 Å². The van der Waals surface area contributed by atoms with Gasteiger partial charge in [-0.15, -0.1) is 11.3 Å². The summed E-state index contributed by atoms with van der Waals surface area (Å²) in [6.45, 7) is 0.714. The van der Waals surface area contributed by atoms with Crippen LogP contribution in [0.4, 0.5) is 27.1 Å². The molecule has 2 aromatic heterocycles. The lowest BCUT2D eigenvalue weighted by molar-refractivity contribution is -0.137. The van der Waals surface area contributed by atoms with E-state index in [-0.39, 0.29) is 40.0 Å². The van der Waals surface area contributed by atoms with Gasteiger partial charge in [0.05, 0.1) is 17.7 Å². The molecule has 0 aliphatic carbocycles. The predicted octanol–water partition coefficient (Wildman–Crippen LogP) is 5.46. The summed E-state index contributed by atoms with van der Waals surface area (Å²) in [6, 6.07) is 5.82.